The highest BCUT2D eigenvalue weighted by Gasteiger charge is 2.60. The molecule has 35 heavy (non-hydrogen) atoms. The highest BCUT2D eigenvalue weighted by Crippen LogP contribution is 2.49. The number of rotatable bonds is 5. The summed E-state index contributed by atoms with van der Waals surface area (Å²) in [6, 6.07) is 16.8. The molecule has 2 amide bonds. The molecule has 3 aromatic carbocycles. The van der Waals surface area contributed by atoms with Crippen LogP contribution >= 0.6 is 15.9 Å². The number of hydroxylamine groups is 1. The number of fused-ring (bicyclic) bond motifs is 1. The maximum atomic E-state index is 13.7. The Morgan fingerprint density at radius 3 is 2.34 bits per heavy atom. The maximum Gasteiger partial charge on any atom is 0.269 e. The molecular formula is C24H18BrN3O7. The standard InChI is InChI=1S/C24H18BrN3O7/c1-34-18-12-13(11-17(25)21(18)29)20-19-22(35-27(20)15-5-3-2-4-6-15)24(31)26(23(19)30)14-7-9-16(10-8-14)28(32)33/h2-12,19-20,22,29H,1H3/t19-,20-,22+/m1/s1. The fourth-order valence-corrected chi connectivity index (χ4v) is 4.91. The molecule has 0 radical (unpaired) electrons. The normalized spacial score (nSPS) is 21.4. The van der Waals surface area contributed by atoms with Gasteiger partial charge in [0, 0.05) is 12.1 Å². The number of ether oxygens (including phenoxy) is 1. The van der Waals surface area contributed by atoms with Gasteiger partial charge in [0.05, 0.1) is 33.9 Å². The molecule has 2 saturated heterocycles. The summed E-state index contributed by atoms with van der Waals surface area (Å²) in [7, 11) is 1.41. The highest BCUT2D eigenvalue weighted by atomic mass is 79.9. The number of para-hydroxylation sites is 1. The Morgan fingerprint density at radius 2 is 1.71 bits per heavy atom. The minimum absolute atomic E-state index is 0.0979. The summed E-state index contributed by atoms with van der Waals surface area (Å²) < 4.78 is 5.64. The second-order valence-electron chi connectivity index (χ2n) is 8.00. The number of carbonyl (C=O) groups excluding carboxylic acids is 2. The summed E-state index contributed by atoms with van der Waals surface area (Å²) >= 11 is 3.32. The minimum atomic E-state index is -1.11. The van der Waals surface area contributed by atoms with Crippen LogP contribution in [0.25, 0.3) is 0 Å². The number of nitro groups is 1. The molecule has 0 aliphatic carbocycles. The first-order chi connectivity index (χ1) is 16.8. The van der Waals surface area contributed by atoms with Crippen LogP contribution < -0.4 is 14.7 Å². The van der Waals surface area contributed by atoms with Crippen molar-refractivity contribution in [3.8, 4) is 11.5 Å². The minimum Gasteiger partial charge on any atom is -0.503 e. The Bertz CT molecular complexity index is 1330. The van der Waals surface area contributed by atoms with Gasteiger partial charge in [-0.05, 0) is 57.9 Å². The van der Waals surface area contributed by atoms with Crippen LogP contribution in [0.15, 0.2) is 71.2 Å². The first-order valence-electron chi connectivity index (χ1n) is 10.5. The van der Waals surface area contributed by atoms with Crippen LogP contribution in [0.4, 0.5) is 17.1 Å². The van der Waals surface area contributed by atoms with Gasteiger partial charge in [-0.15, -0.1) is 0 Å². The zero-order valence-electron chi connectivity index (χ0n) is 18.2. The molecule has 178 valence electrons. The fourth-order valence-electron chi connectivity index (χ4n) is 4.45. The zero-order valence-corrected chi connectivity index (χ0v) is 19.8. The molecule has 2 aliphatic rings. The lowest BCUT2D eigenvalue weighted by atomic mass is 9.90. The second-order valence-corrected chi connectivity index (χ2v) is 8.85. The lowest BCUT2D eigenvalue weighted by molar-refractivity contribution is -0.384. The van der Waals surface area contributed by atoms with Crippen LogP contribution in [0.5, 0.6) is 11.5 Å². The summed E-state index contributed by atoms with van der Waals surface area (Å²) in [6.07, 6.45) is -1.11. The van der Waals surface area contributed by atoms with E-state index in [0.717, 1.165) is 4.90 Å². The van der Waals surface area contributed by atoms with Crippen molar-refractivity contribution in [2.45, 2.75) is 12.1 Å². The van der Waals surface area contributed by atoms with Crippen LogP contribution in [-0.4, -0.2) is 35.1 Å². The van der Waals surface area contributed by atoms with E-state index in [4.69, 9.17) is 9.57 Å². The van der Waals surface area contributed by atoms with Crippen LogP contribution in [0.3, 0.4) is 0 Å². The van der Waals surface area contributed by atoms with Gasteiger partial charge in [0.2, 0.25) is 5.91 Å². The van der Waals surface area contributed by atoms with Gasteiger partial charge in [-0.2, -0.15) is 0 Å². The molecule has 11 heteroatoms. The molecule has 3 aromatic rings. The van der Waals surface area contributed by atoms with Gasteiger partial charge in [0.1, 0.15) is 5.92 Å². The Kier molecular flexibility index (Phi) is 5.65. The summed E-state index contributed by atoms with van der Waals surface area (Å²) in [4.78, 5) is 44.5. The van der Waals surface area contributed by atoms with Gasteiger partial charge in [0.25, 0.3) is 11.6 Å². The molecule has 2 heterocycles. The summed E-state index contributed by atoms with van der Waals surface area (Å²) in [5.74, 6) is -1.89. The number of methoxy groups -OCH3 is 1. The molecule has 2 fully saturated rings. The van der Waals surface area contributed by atoms with Crippen LogP contribution in [0, 0.1) is 16.0 Å². The van der Waals surface area contributed by atoms with E-state index >= 15 is 0 Å². The number of halogens is 1. The van der Waals surface area contributed by atoms with E-state index in [9.17, 15) is 24.8 Å². The largest absolute Gasteiger partial charge is 0.503 e. The number of hydrogen-bond acceptors (Lipinski definition) is 8. The number of phenols is 1. The van der Waals surface area contributed by atoms with Crippen molar-refractivity contribution in [3.63, 3.8) is 0 Å². The lowest BCUT2D eigenvalue weighted by Gasteiger charge is -2.29. The Labute approximate surface area is 207 Å². The number of benzene rings is 3. The van der Waals surface area contributed by atoms with Crippen molar-refractivity contribution in [2.75, 3.05) is 17.1 Å². The number of phenolic OH excluding ortho intramolecular Hbond substituents is 1. The molecule has 1 N–H and O–H groups in total. The topological polar surface area (TPSA) is 122 Å². The fraction of sp³-hybridized carbons (Fsp3) is 0.167. The Balaban J connectivity index is 1.59. The van der Waals surface area contributed by atoms with Crippen molar-refractivity contribution in [2.24, 2.45) is 5.92 Å². The third kappa shape index (κ3) is 3.69. The number of anilines is 2. The molecule has 2 aliphatic heterocycles. The van der Waals surface area contributed by atoms with Gasteiger partial charge in [-0.25, -0.2) is 9.96 Å². The summed E-state index contributed by atoms with van der Waals surface area (Å²) in [5.41, 5.74) is 1.28. The monoisotopic (exact) mass is 539 g/mol. The number of nitrogens with zero attached hydrogens (tertiary/aromatic N) is 3. The van der Waals surface area contributed by atoms with E-state index in [1.807, 2.05) is 18.2 Å². The van der Waals surface area contributed by atoms with E-state index in [0.29, 0.717) is 15.7 Å². The van der Waals surface area contributed by atoms with Gasteiger partial charge in [-0.1, -0.05) is 18.2 Å². The summed E-state index contributed by atoms with van der Waals surface area (Å²) in [5, 5.41) is 22.8. The SMILES string of the molecule is COc1cc([C@@H]2[C@H]3C(=O)N(c4ccc([N+](=O)[O-])cc4)C(=O)[C@H]3ON2c2ccccc2)cc(Br)c1O. The molecule has 3 atom stereocenters. The van der Waals surface area contributed by atoms with Gasteiger partial charge < -0.3 is 9.84 Å². The Morgan fingerprint density at radius 1 is 1.03 bits per heavy atom. The quantitative estimate of drug-likeness (QED) is 0.291. The number of carbonyl (C=O) groups is 2. The van der Waals surface area contributed by atoms with E-state index in [1.165, 1.54) is 36.4 Å². The van der Waals surface area contributed by atoms with Gasteiger partial charge in [0.15, 0.2) is 17.6 Å². The predicted octanol–water partition coefficient (Wildman–Crippen LogP) is 4.12. The molecule has 0 saturated carbocycles. The van der Waals surface area contributed by atoms with Crippen molar-refractivity contribution in [1.29, 1.82) is 0 Å². The van der Waals surface area contributed by atoms with Crippen molar-refractivity contribution in [1.82, 2.24) is 0 Å². The van der Waals surface area contributed by atoms with E-state index in [2.05, 4.69) is 15.9 Å². The molecular weight excluding hydrogens is 522 g/mol. The van der Waals surface area contributed by atoms with E-state index in [-0.39, 0.29) is 22.9 Å². The van der Waals surface area contributed by atoms with Crippen molar-refractivity contribution in [3.05, 3.63) is 86.9 Å². The van der Waals surface area contributed by atoms with E-state index < -0.39 is 34.8 Å². The molecule has 0 spiro atoms. The number of imide groups is 1. The maximum absolute atomic E-state index is 13.7. The van der Waals surface area contributed by atoms with Gasteiger partial charge >= 0.3 is 0 Å². The number of nitro benzene ring substituents is 1. The van der Waals surface area contributed by atoms with Crippen LogP contribution in [0.2, 0.25) is 0 Å². The zero-order chi connectivity index (χ0) is 24.9. The predicted molar refractivity (Wildman–Crippen MR) is 128 cm³/mol. The average Bonchev–Trinajstić information content (AvgIpc) is 3.37. The first-order valence-corrected chi connectivity index (χ1v) is 11.3. The number of non-ortho nitro benzene ring substituents is 1. The Hall–Kier alpha value is -3.96. The summed E-state index contributed by atoms with van der Waals surface area (Å²) in [6.45, 7) is 0. The average molecular weight is 540 g/mol. The molecule has 10 nitrogen and oxygen atoms in total. The molecule has 0 aromatic heterocycles. The van der Waals surface area contributed by atoms with Crippen LogP contribution in [0.1, 0.15) is 11.6 Å². The third-order valence-corrected chi connectivity index (χ3v) is 6.66. The molecule has 5 rings (SSSR count). The van der Waals surface area contributed by atoms with Crippen molar-refractivity contribution >= 4 is 44.8 Å². The van der Waals surface area contributed by atoms with E-state index in [1.54, 1.807) is 24.3 Å². The number of amides is 2. The molecule has 0 bridgehead atoms. The smallest absolute Gasteiger partial charge is 0.269 e. The van der Waals surface area contributed by atoms with Crippen LogP contribution in [-0.2, 0) is 14.4 Å². The number of hydrogen-bond donors (Lipinski definition) is 1. The third-order valence-electron chi connectivity index (χ3n) is 6.06. The van der Waals surface area contributed by atoms with Gasteiger partial charge in [-0.3, -0.25) is 24.5 Å². The van der Waals surface area contributed by atoms with Crippen molar-refractivity contribution < 1.29 is 29.2 Å². The number of aromatic hydroxyl groups is 1. The first kappa shape index (κ1) is 22.8. The second kappa shape index (κ2) is 8.67. The highest BCUT2D eigenvalue weighted by molar-refractivity contribution is 9.10. The lowest BCUT2D eigenvalue weighted by Crippen LogP contribution is -2.37. The molecule has 0 unspecified atom stereocenters.